The lowest BCUT2D eigenvalue weighted by Gasteiger charge is -2.26. The first-order valence-corrected chi connectivity index (χ1v) is 7.53. The number of amides is 1. The van der Waals surface area contributed by atoms with Crippen LogP contribution in [0.1, 0.15) is 34.3 Å². The van der Waals surface area contributed by atoms with E-state index in [1.54, 1.807) is 4.90 Å². The molecule has 1 aliphatic rings. The Morgan fingerprint density at radius 2 is 2.40 bits per heavy atom. The Morgan fingerprint density at radius 1 is 1.60 bits per heavy atom. The van der Waals surface area contributed by atoms with Crippen molar-refractivity contribution in [2.24, 2.45) is 0 Å². The molecule has 20 heavy (non-hydrogen) atoms. The van der Waals surface area contributed by atoms with E-state index in [9.17, 15) is 4.79 Å². The standard InChI is InChI=1S/C15H19NO3S/c1-11-13(8-10-19-11)16(2)15(18)14-7-6-12(20-14)5-3-4-9-17/h6-7,11,13,17H,4,8-10H2,1-2H3. The van der Waals surface area contributed by atoms with Crippen LogP contribution < -0.4 is 0 Å². The van der Waals surface area contributed by atoms with Gasteiger partial charge in [0, 0.05) is 20.1 Å². The van der Waals surface area contributed by atoms with Gasteiger partial charge in [0.1, 0.15) is 0 Å². The van der Waals surface area contributed by atoms with Gasteiger partial charge in [0.15, 0.2) is 0 Å². The van der Waals surface area contributed by atoms with Gasteiger partial charge in [-0.1, -0.05) is 11.8 Å². The summed E-state index contributed by atoms with van der Waals surface area (Å²) in [5.74, 6) is 5.83. The third-order valence-electron chi connectivity index (χ3n) is 3.42. The lowest BCUT2D eigenvalue weighted by Crippen LogP contribution is -2.40. The molecule has 1 saturated heterocycles. The highest BCUT2D eigenvalue weighted by Crippen LogP contribution is 2.23. The monoisotopic (exact) mass is 293 g/mol. The van der Waals surface area contributed by atoms with Crippen LogP contribution in [0.3, 0.4) is 0 Å². The molecule has 4 nitrogen and oxygen atoms in total. The number of aliphatic hydroxyl groups excluding tert-OH is 1. The maximum Gasteiger partial charge on any atom is 0.264 e. The Kier molecular flexibility index (Phi) is 5.18. The number of thiophene rings is 1. The lowest BCUT2D eigenvalue weighted by molar-refractivity contribution is 0.0578. The predicted octanol–water partition coefficient (Wildman–Crippen LogP) is 1.73. The molecule has 0 aromatic carbocycles. The van der Waals surface area contributed by atoms with E-state index in [1.165, 1.54) is 11.3 Å². The first-order chi connectivity index (χ1) is 9.63. The van der Waals surface area contributed by atoms with E-state index < -0.39 is 0 Å². The van der Waals surface area contributed by atoms with Crippen LogP contribution >= 0.6 is 11.3 Å². The fraction of sp³-hybridized carbons (Fsp3) is 0.533. The van der Waals surface area contributed by atoms with Crippen LogP contribution in [0.5, 0.6) is 0 Å². The Balaban J connectivity index is 2.04. The average molecular weight is 293 g/mol. The van der Waals surface area contributed by atoms with Crippen LogP contribution in [0.25, 0.3) is 0 Å². The zero-order chi connectivity index (χ0) is 14.5. The van der Waals surface area contributed by atoms with Crippen molar-refractivity contribution in [3.63, 3.8) is 0 Å². The molecule has 0 radical (unpaired) electrons. The topological polar surface area (TPSA) is 49.8 Å². The number of aliphatic hydroxyl groups is 1. The number of hydrogen-bond donors (Lipinski definition) is 1. The Morgan fingerprint density at radius 3 is 3.05 bits per heavy atom. The van der Waals surface area contributed by atoms with E-state index >= 15 is 0 Å². The summed E-state index contributed by atoms with van der Waals surface area (Å²) in [5, 5.41) is 8.68. The van der Waals surface area contributed by atoms with Crippen LogP contribution in [-0.2, 0) is 4.74 Å². The van der Waals surface area contributed by atoms with Gasteiger partial charge in [0.25, 0.3) is 5.91 Å². The van der Waals surface area contributed by atoms with Crippen molar-refractivity contribution in [3.05, 3.63) is 21.9 Å². The third-order valence-corrected chi connectivity index (χ3v) is 4.41. The van der Waals surface area contributed by atoms with Gasteiger partial charge in [0.2, 0.25) is 0 Å². The van der Waals surface area contributed by atoms with Crippen LogP contribution in [0, 0.1) is 11.8 Å². The second-order valence-electron chi connectivity index (χ2n) is 4.79. The number of rotatable bonds is 3. The van der Waals surface area contributed by atoms with Crippen molar-refractivity contribution >= 4 is 17.2 Å². The van der Waals surface area contributed by atoms with Gasteiger partial charge in [-0.25, -0.2) is 0 Å². The summed E-state index contributed by atoms with van der Waals surface area (Å²) in [5.41, 5.74) is 0. The maximum absolute atomic E-state index is 12.4. The SMILES string of the molecule is CC1OCCC1N(C)C(=O)c1ccc(C#CCCO)s1. The fourth-order valence-corrected chi connectivity index (χ4v) is 3.14. The van der Waals surface area contributed by atoms with Crippen molar-refractivity contribution in [3.8, 4) is 11.8 Å². The van der Waals surface area contributed by atoms with E-state index in [2.05, 4.69) is 11.8 Å². The van der Waals surface area contributed by atoms with Gasteiger partial charge in [0.05, 0.1) is 28.5 Å². The van der Waals surface area contributed by atoms with E-state index in [1.807, 2.05) is 26.1 Å². The summed E-state index contributed by atoms with van der Waals surface area (Å²) < 4.78 is 5.51. The van der Waals surface area contributed by atoms with E-state index in [0.29, 0.717) is 17.9 Å². The summed E-state index contributed by atoms with van der Waals surface area (Å²) in [6.07, 6.45) is 1.43. The molecule has 108 valence electrons. The minimum absolute atomic E-state index is 0.0209. The number of carbonyl (C=O) groups excluding carboxylic acids is 1. The molecule has 1 amide bonds. The molecule has 1 N–H and O–H groups in total. The van der Waals surface area contributed by atoms with Crippen LogP contribution in [0.15, 0.2) is 12.1 Å². The van der Waals surface area contributed by atoms with Gasteiger partial charge in [-0.2, -0.15) is 0 Å². The molecule has 2 heterocycles. The molecule has 1 aromatic heterocycles. The molecule has 1 aromatic rings. The summed E-state index contributed by atoms with van der Waals surface area (Å²) in [6, 6.07) is 3.81. The molecule has 0 aliphatic carbocycles. The van der Waals surface area contributed by atoms with Crippen molar-refractivity contribution in [1.29, 1.82) is 0 Å². The Bertz CT molecular complexity index is 529. The average Bonchev–Trinajstić information content (AvgIpc) is 3.06. The third kappa shape index (κ3) is 3.40. The Labute approximate surface area is 123 Å². The van der Waals surface area contributed by atoms with Crippen LogP contribution in [0.2, 0.25) is 0 Å². The molecule has 1 aliphatic heterocycles. The smallest absolute Gasteiger partial charge is 0.264 e. The normalized spacial score (nSPS) is 21.4. The number of carbonyl (C=O) groups is 1. The van der Waals surface area contributed by atoms with Crippen molar-refractivity contribution in [2.45, 2.75) is 31.9 Å². The van der Waals surface area contributed by atoms with Crippen molar-refractivity contribution in [1.82, 2.24) is 4.90 Å². The number of likely N-dealkylation sites (N-methyl/N-ethyl adjacent to an activating group) is 1. The Hall–Kier alpha value is -1.35. The maximum atomic E-state index is 12.4. The molecular weight excluding hydrogens is 274 g/mol. The van der Waals surface area contributed by atoms with E-state index in [0.717, 1.165) is 11.3 Å². The largest absolute Gasteiger partial charge is 0.395 e. The van der Waals surface area contributed by atoms with Gasteiger partial charge in [-0.15, -0.1) is 11.3 Å². The summed E-state index contributed by atoms with van der Waals surface area (Å²) in [4.78, 5) is 15.7. The van der Waals surface area contributed by atoms with Gasteiger partial charge in [-0.3, -0.25) is 4.79 Å². The summed E-state index contributed by atoms with van der Waals surface area (Å²) in [6.45, 7) is 2.78. The number of ether oxygens (including phenoxy) is 1. The second-order valence-corrected chi connectivity index (χ2v) is 5.87. The molecule has 2 rings (SSSR count). The van der Waals surface area contributed by atoms with Gasteiger partial charge < -0.3 is 14.7 Å². The molecular formula is C15H19NO3S. The quantitative estimate of drug-likeness (QED) is 0.864. The van der Waals surface area contributed by atoms with Gasteiger partial charge in [-0.05, 0) is 25.5 Å². The fourth-order valence-electron chi connectivity index (χ4n) is 2.28. The first-order valence-electron chi connectivity index (χ1n) is 6.72. The zero-order valence-electron chi connectivity index (χ0n) is 11.8. The lowest BCUT2D eigenvalue weighted by atomic mass is 10.1. The molecule has 2 atom stereocenters. The van der Waals surface area contributed by atoms with Crippen LogP contribution in [0.4, 0.5) is 0 Å². The number of hydrogen-bond acceptors (Lipinski definition) is 4. The first kappa shape index (κ1) is 15.0. The molecule has 5 heteroatoms. The summed E-state index contributed by atoms with van der Waals surface area (Å²) in [7, 11) is 1.83. The summed E-state index contributed by atoms with van der Waals surface area (Å²) >= 11 is 1.39. The molecule has 0 bridgehead atoms. The molecule has 0 spiro atoms. The predicted molar refractivity (Wildman–Crippen MR) is 78.8 cm³/mol. The minimum atomic E-state index is 0.0209. The van der Waals surface area contributed by atoms with E-state index in [-0.39, 0.29) is 24.7 Å². The zero-order valence-corrected chi connectivity index (χ0v) is 12.6. The minimum Gasteiger partial charge on any atom is -0.395 e. The number of nitrogens with zero attached hydrogens (tertiary/aromatic N) is 1. The molecule has 0 saturated carbocycles. The van der Waals surface area contributed by atoms with Crippen LogP contribution in [-0.4, -0.2) is 48.3 Å². The van der Waals surface area contributed by atoms with Gasteiger partial charge >= 0.3 is 0 Å². The second kappa shape index (κ2) is 6.89. The highest BCUT2D eigenvalue weighted by atomic mass is 32.1. The van der Waals surface area contributed by atoms with Crippen molar-refractivity contribution < 1.29 is 14.6 Å². The van der Waals surface area contributed by atoms with Crippen molar-refractivity contribution in [2.75, 3.05) is 20.3 Å². The molecule has 2 unspecified atom stereocenters. The highest BCUT2D eigenvalue weighted by molar-refractivity contribution is 7.14. The van der Waals surface area contributed by atoms with E-state index in [4.69, 9.17) is 9.84 Å². The molecule has 1 fully saturated rings. The highest BCUT2D eigenvalue weighted by Gasteiger charge is 2.31.